The van der Waals surface area contributed by atoms with Gasteiger partial charge < -0.3 is 5.32 Å². The number of hydrogen-bond acceptors (Lipinski definition) is 1. The summed E-state index contributed by atoms with van der Waals surface area (Å²) in [6.07, 6.45) is 11.3. The fourth-order valence-corrected chi connectivity index (χ4v) is 3.98. The van der Waals surface area contributed by atoms with Gasteiger partial charge in [-0.05, 0) is 55.6 Å². The molecule has 2 aliphatic rings. The molecule has 0 aromatic heterocycles. The average Bonchev–Trinajstić information content (AvgIpc) is 2.45. The third-order valence-corrected chi connectivity index (χ3v) is 5.11. The van der Waals surface area contributed by atoms with Crippen LogP contribution in [0.2, 0.25) is 0 Å². The summed E-state index contributed by atoms with van der Waals surface area (Å²) in [5, 5.41) is 3.75. The first-order valence-electron chi connectivity index (χ1n) is 8.15. The maximum Gasteiger partial charge on any atom is 0.0374 e. The maximum absolute atomic E-state index is 3.75. The van der Waals surface area contributed by atoms with E-state index in [1.54, 1.807) is 0 Å². The van der Waals surface area contributed by atoms with Gasteiger partial charge in [0.1, 0.15) is 0 Å². The number of rotatable bonds is 3. The normalized spacial score (nSPS) is 30.5. The van der Waals surface area contributed by atoms with Crippen molar-refractivity contribution >= 4 is 5.69 Å². The van der Waals surface area contributed by atoms with Crippen LogP contribution in [-0.2, 0) is 6.42 Å². The SMILES string of the molecule is CC1CCCC(CCC2CCc3ccccc3N2)C1. The lowest BCUT2D eigenvalue weighted by molar-refractivity contribution is 0.261. The van der Waals surface area contributed by atoms with Crippen molar-refractivity contribution in [3.05, 3.63) is 29.8 Å². The molecule has 1 N–H and O–H groups in total. The van der Waals surface area contributed by atoms with Crippen LogP contribution in [-0.4, -0.2) is 6.04 Å². The van der Waals surface area contributed by atoms with Crippen molar-refractivity contribution in [1.82, 2.24) is 0 Å². The Labute approximate surface area is 117 Å². The molecule has 1 heterocycles. The predicted molar refractivity (Wildman–Crippen MR) is 82.5 cm³/mol. The largest absolute Gasteiger partial charge is 0.382 e. The fraction of sp³-hybridized carbons (Fsp3) is 0.667. The number of para-hydroxylation sites is 1. The molecule has 1 fully saturated rings. The zero-order valence-corrected chi connectivity index (χ0v) is 12.2. The van der Waals surface area contributed by atoms with Crippen molar-refractivity contribution in [3.63, 3.8) is 0 Å². The second-order valence-electron chi connectivity index (χ2n) is 6.75. The van der Waals surface area contributed by atoms with E-state index in [1.807, 2.05) is 0 Å². The highest BCUT2D eigenvalue weighted by Gasteiger charge is 2.22. The fourth-order valence-electron chi connectivity index (χ4n) is 3.98. The second-order valence-corrected chi connectivity index (χ2v) is 6.75. The number of hydrogen-bond donors (Lipinski definition) is 1. The standard InChI is InChI=1S/C18H27N/c1-14-5-4-6-15(13-14)9-11-17-12-10-16-7-2-3-8-18(16)19-17/h2-3,7-8,14-15,17,19H,4-6,9-13H2,1H3. The van der Waals surface area contributed by atoms with Gasteiger partial charge in [0.2, 0.25) is 0 Å². The van der Waals surface area contributed by atoms with E-state index in [-0.39, 0.29) is 0 Å². The highest BCUT2D eigenvalue weighted by molar-refractivity contribution is 5.53. The quantitative estimate of drug-likeness (QED) is 0.801. The third-order valence-electron chi connectivity index (χ3n) is 5.11. The highest BCUT2D eigenvalue weighted by Crippen LogP contribution is 2.33. The Balaban J connectivity index is 1.49. The first-order valence-corrected chi connectivity index (χ1v) is 8.15. The van der Waals surface area contributed by atoms with E-state index in [4.69, 9.17) is 0 Å². The Hall–Kier alpha value is -0.980. The van der Waals surface area contributed by atoms with E-state index in [0.29, 0.717) is 6.04 Å². The van der Waals surface area contributed by atoms with Crippen molar-refractivity contribution in [3.8, 4) is 0 Å². The number of nitrogens with one attached hydrogen (secondary N) is 1. The van der Waals surface area contributed by atoms with Gasteiger partial charge in [-0.25, -0.2) is 0 Å². The molecule has 0 bridgehead atoms. The smallest absolute Gasteiger partial charge is 0.0374 e. The third kappa shape index (κ3) is 3.32. The van der Waals surface area contributed by atoms with Gasteiger partial charge in [-0.3, -0.25) is 0 Å². The van der Waals surface area contributed by atoms with Gasteiger partial charge in [-0.1, -0.05) is 44.4 Å². The molecule has 0 radical (unpaired) electrons. The van der Waals surface area contributed by atoms with Crippen molar-refractivity contribution < 1.29 is 0 Å². The molecule has 1 heteroatoms. The topological polar surface area (TPSA) is 12.0 Å². The van der Waals surface area contributed by atoms with E-state index >= 15 is 0 Å². The minimum atomic E-state index is 0.715. The van der Waals surface area contributed by atoms with Gasteiger partial charge in [-0.15, -0.1) is 0 Å². The minimum Gasteiger partial charge on any atom is -0.382 e. The summed E-state index contributed by atoms with van der Waals surface area (Å²) in [4.78, 5) is 0. The van der Waals surface area contributed by atoms with E-state index in [1.165, 1.54) is 62.6 Å². The van der Waals surface area contributed by atoms with Crippen molar-refractivity contribution in [2.45, 2.75) is 64.3 Å². The van der Waals surface area contributed by atoms with Gasteiger partial charge in [0, 0.05) is 11.7 Å². The molecular formula is C18H27N. The van der Waals surface area contributed by atoms with Crippen molar-refractivity contribution in [2.75, 3.05) is 5.32 Å². The molecule has 19 heavy (non-hydrogen) atoms. The Kier molecular flexibility index (Phi) is 4.10. The van der Waals surface area contributed by atoms with Crippen molar-refractivity contribution in [2.24, 2.45) is 11.8 Å². The molecule has 1 aliphatic carbocycles. The van der Waals surface area contributed by atoms with Gasteiger partial charge >= 0.3 is 0 Å². The molecule has 0 amide bonds. The molecule has 1 aromatic rings. The molecule has 3 unspecified atom stereocenters. The van der Waals surface area contributed by atoms with E-state index < -0.39 is 0 Å². The maximum atomic E-state index is 3.75. The first kappa shape index (κ1) is 13.0. The van der Waals surface area contributed by atoms with E-state index in [0.717, 1.165) is 11.8 Å². The Bertz CT molecular complexity index is 412. The predicted octanol–water partition coefficient (Wildman–Crippen LogP) is 5.02. The van der Waals surface area contributed by atoms with Crippen LogP contribution in [0.15, 0.2) is 24.3 Å². The summed E-state index contributed by atoms with van der Waals surface area (Å²) in [5.41, 5.74) is 2.89. The van der Waals surface area contributed by atoms with Gasteiger partial charge in [-0.2, -0.15) is 0 Å². The van der Waals surface area contributed by atoms with Crippen LogP contribution < -0.4 is 5.32 Å². The summed E-state index contributed by atoms with van der Waals surface area (Å²) < 4.78 is 0. The summed E-state index contributed by atoms with van der Waals surface area (Å²) in [5.74, 6) is 1.97. The van der Waals surface area contributed by atoms with Crippen LogP contribution in [0.4, 0.5) is 5.69 Å². The van der Waals surface area contributed by atoms with E-state index in [9.17, 15) is 0 Å². The summed E-state index contributed by atoms with van der Waals surface area (Å²) >= 11 is 0. The van der Waals surface area contributed by atoms with Crippen LogP contribution in [0.25, 0.3) is 0 Å². The zero-order chi connectivity index (χ0) is 13.1. The lowest BCUT2D eigenvalue weighted by atomic mass is 9.79. The molecule has 0 spiro atoms. The number of anilines is 1. The van der Waals surface area contributed by atoms with Gasteiger partial charge in [0.25, 0.3) is 0 Å². The lowest BCUT2D eigenvalue weighted by Crippen LogP contribution is -2.26. The van der Waals surface area contributed by atoms with Gasteiger partial charge in [0.05, 0.1) is 0 Å². The van der Waals surface area contributed by atoms with Crippen LogP contribution in [0.5, 0.6) is 0 Å². The molecule has 0 saturated heterocycles. The highest BCUT2D eigenvalue weighted by atomic mass is 14.9. The summed E-state index contributed by atoms with van der Waals surface area (Å²) in [6, 6.07) is 9.53. The molecule has 3 rings (SSSR count). The molecule has 1 aromatic carbocycles. The molecule has 104 valence electrons. The second kappa shape index (κ2) is 5.98. The molecule has 3 atom stereocenters. The Morgan fingerprint density at radius 1 is 1.11 bits per heavy atom. The van der Waals surface area contributed by atoms with E-state index in [2.05, 4.69) is 36.5 Å². The number of aryl methyl sites for hydroxylation is 1. The average molecular weight is 257 g/mol. The number of fused-ring (bicyclic) bond motifs is 1. The molecule has 1 saturated carbocycles. The monoisotopic (exact) mass is 257 g/mol. The number of benzene rings is 1. The van der Waals surface area contributed by atoms with Crippen LogP contribution >= 0.6 is 0 Å². The summed E-state index contributed by atoms with van der Waals surface area (Å²) in [7, 11) is 0. The molecule has 1 nitrogen and oxygen atoms in total. The summed E-state index contributed by atoms with van der Waals surface area (Å²) in [6.45, 7) is 2.43. The zero-order valence-electron chi connectivity index (χ0n) is 12.2. The van der Waals surface area contributed by atoms with Crippen LogP contribution in [0, 0.1) is 11.8 Å². The Morgan fingerprint density at radius 2 is 2.00 bits per heavy atom. The minimum absolute atomic E-state index is 0.715. The van der Waals surface area contributed by atoms with Gasteiger partial charge in [0.15, 0.2) is 0 Å². The van der Waals surface area contributed by atoms with Crippen LogP contribution in [0.1, 0.15) is 57.4 Å². The molecular weight excluding hydrogens is 230 g/mol. The lowest BCUT2D eigenvalue weighted by Gasteiger charge is -2.31. The molecule has 1 aliphatic heterocycles. The van der Waals surface area contributed by atoms with Crippen LogP contribution in [0.3, 0.4) is 0 Å². The Morgan fingerprint density at radius 3 is 2.89 bits per heavy atom. The first-order chi connectivity index (χ1) is 9.31. The van der Waals surface area contributed by atoms with Crippen molar-refractivity contribution in [1.29, 1.82) is 0 Å².